The topological polar surface area (TPSA) is 61.8 Å². The molecule has 4 aromatic rings. The van der Waals surface area contributed by atoms with Gasteiger partial charge in [-0.05, 0) is 35.9 Å². The summed E-state index contributed by atoms with van der Waals surface area (Å²) in [4.78, 5) is 4.47. The standard InChI is InChI=1S/C18H15N3O3/c1-22-16-6-5-12(10-17(16)23-2)13-11-20-21-14(7-8-19-18(13)21)15-4-3-9-24-15/h3-11H,1-2H3. The van der Waals surface area contributed by atoms with Gasteiger partial charge in [0.1, 0.15) is 5.69 Å². The number of furan rings is 1. The molecule has 120 valence electrons. The van der Waals surface area contributed by atoms with E-state index in [-0.39, 0.29) is 0 Å². The first-order valence-electron chi connectivity index (χ1n) is 7.41. The van der Waals surface area contributed by atoms with Gasteiger partial charge in [-0.25, -0.2) is 9.50 Å². The number of benzene rings is 1. The van der Waals surface area contributed by atoms with E-state index >= 15 is 0 Å². The van der Waals surface area contributed by atoms with E-state index in [0.29, 0.717) is 11.5 Å². The Balaban J connectivity index is 1.88. The van der Waals surface area contributed by atoms with Crippen LogP contribution in [-0.2, 0) is 0 Å². The smallest absolute Gasteiger partial charge is 0.163 e. The molecule has 0 saturated heterocycles. The molecule has 0 amide bonds. The molecule has 0 radical (unpaired) electrons. The Hall–Kier alpha value is -3.28. The van der Waals surface area contributed by atoms with Crippen molar-refractivity contribution >= 4 is 5.65 Å². The maximum Gasteiger partial charge on any atom is 0.163 e. The summed E-state index contributed by atoms with van der Waals surface area (Å²) >= 11 is 0. The van der Waals surface area contributed by atoms with Gasteiger partial charge in [-0.2, -0.15) is 5.10 Å². The second-order valence-electron chi connectivity index (χ2n) is 5.17. The van der Waals surface area contributed by atoms with Gasteiger partial charge in [0.15, 0.2) is 22.9 Å². The van der Waals surface area contributed by atoms with E-state index < -0.39 is 0 Å². The van der Waals surface area contributed by atoms with Crippen LogP contribution in [0, 0.1) is 0 Å². The molecule has 6 heteroatoms. The van der Waals surface area contributed by atoms with Gasteiger partial charge in [0.25, 0.3) is 0 Å². The minimum absolute atomic E-state index is 0.663. The van der Waals surface area contributed by atoms with Gasteiger partial charge in [0.05, 0.1) is 26.7 Å². The van der Waals surface area contributed by atoms with Gasteiger partial charge >= 0.3 is 0 Å². The molecule has 0 fully saturated rings. The van der Waals surface area contributed by atoms with Crippen LogP contribution in [0.5, 0.6) is 11.5 Å². The van der Waals surface area contributed by atoms with E-state index in [4.69, 9.17) is 13.9 Å². The molecule has 0 aliphatic heterocycles. The van der Waals surface area contributed by atoms with Gasteiger partial charge in [0.2, 0.25) is 0 Å². The number of methoxy groups -OCH3 is 2. The molecular weight excluding hydrogens is 306 g/mol. The summed E-state index contributed by atoms with van der Waals surface area (Å²) in [5.41, 5.74) is 3.45. The summed E-state index contributed by atoms with van der Waals surface area (Å²) in [6.45, 7) is 0. The largest absolute Gasteiger partial charge is 0.493 e. The van der Waals surface area contributed by atoms with Crippen molar-refractivity contribution in [1.82, 2.24) is 14.6 Å². The summed E-state index contributed by atoms with van der Waals surface area (Å²) in [7, 11) is 3.23. The summed E-state index contributed by atoms with van der Waals surface area (Å²) in [5.74, 6) is 2.09. The number of rotatable bonds is 4. The van der Waals surface area contributed by atoms with Crippen LogP contribution in [0.3, 0.4) is 0 Å². The third-order valence-corrected chi connectivity index (χ3v) is 3.87. The lowest BCUT2D eigenvalue weighted by Gasteiger charge is -2.09. The zero-order valence-corrected chi connectivity index (χ0v) is 13.3. The second-order valence-corrected chi connectivity index (χ2v) is 5.17. The Morgan fingerprint density at radius 1 is 1.04 bits per heavy atom. The average Bonchev–Trinajstić information content (AvgIpc) is 3.30. The molecule has 0 bridgehead atoms. The van der Waals surface area contributed by atoms with Crippen molar-refractivity contribution in [3.05, 3.63) is 55.1 Å². The molecule has 0 spiro atoms. The van der Waals surface area contributed by atoms with Gasteiger partial charge in [-0.1, -0.05) is 6.07 Å². The number of nitrogens with zero attached hydrogens (tertiary/aromatic N) is 3. The highest BCUT2D eigenvalue weighted by molar-refractivity contribution is 5.79. The third kappa shape index (κ3) is 2.20. The Bertz CT molecular complexity index is 990. The van der Waals surface area contributed by atoms with Crippen LogP contribution in [0.2, 0.25) is 0 Å². The van der Waals surface area contributed by atoms with Gasteiger partial charge in [-0.15, -0.1) is 0 Å². The highest BCUT2D eigenvalue weighted by atomic mass is 16.5. The number of aromatic nitrogens is 3. The average molecular weight is 321 g/mol. The summed E-state index contributed by atoms with van der Waals surface area (Å²) < 4.78 is 17.9. The first-order valence-corrected chi connectivity index (χ1v) is 7.41. The maximum absolute atomic E-state index is 5.48. The summed E-state index contributed by atoms with van der Waals surface area (Å²) in [5, 5.41) is 4.47. The number of hydrogen-bond donors (Lipinski definition) is 0. The molecule has 6 nitrogen and oxygen atoms in total. The van der Waals surface area contributed by atoms with E-state index in [1.54, 1.807) is 37.4 Å². The van der Waals surface area contributed by atoms with Crippen molar-refractivity contribution in [2.24, 2.45) is 0 Å². The number of ether oxygens (including phenoxy) is 2. The highest BCUT2D eigenvalue weighted by Crippen LogP contribution is 2.34. The second kappa shape index (κ2) is 5.73. The van der Waals surface area contributed by atoms with Crippen LogP contribution in [0.25, 0.3) is 28.2 Å². The van der Waals surface area contributed by atoms with Gasteiger partial charge in [0, 0.05) is 11.8 Å². The number of hydrogen-bond acceptors (Lipinski definition) is 5. The van der Waals surface area contributed by atoms with E-state index in [0.717, 1.165) is 28.2 Å². The molecule has 0 unspecified atom stereocenters. The molecule has 0 atom stereocenters. The van der Waals surface area contributed by atoms with Gasteiger partial charge in [-0.3, -0.25) is 0 Å². The Kier molecular flexibility index (Phi) is 3.42. The highest BCUT2D eigenvalue weighted by Gasteiger charge is 2.14. The first kappa shape index (κ1) is 14.3. The lowest BCUT2D eigenvalue weighted by atomic mass is 10.1. The Morgan fingerprint density at radius 3 is 2.67 bits per heavy atom. The van der Waals surface area contributed by atoms with E-state index in [1.165, 1.54) is 0 Å². The van der Waals surface area contributed by atoms with Crippen LogP contribution < -0.4 is 9.47 Å². The SMILES string of the molecule is COc1ccc(-c2cnn3c(-c4ccco4)ccnc23)cc1OC. The third-order valence-electron chi connectivity index (χ3n) is 3.87. The maximum atomic E-state index is 5.48. The molecule has 24 heavy (non-hydrogen) atoms. The molecule has 0 N–H and O–H groups in total. The molecule has 3 aromatic heterocycles. The monoisotopic (exact) mass is 321 g/mol. The van der Waals surface area contributed by atoms with E-state index in [1.807, 2.05) is 36.4 Å². The van der Waals surface area contributed by atoms with Crippen molar-refractivity contribution in [2.45, 2.75) is 0 Å². The first-order chi connectivity index (χ1) is 11.8. The van der Waals surface area contributed by atoms with E-state index in [9.17, 15) is 0 Å². The van der Waals surface area contributed by atoms with Crippen LogP contribution in [0.1, 0.15) is 0 Å². The minimum Gasteiger partial charge on any atom is -0.493 e. The zero-order chi connectivity index (χ0) is 16.5. The van der Waals surface area contributed by atoms with Crippen molar-refractivity contribution in [3.8, 4) is 34.1 Å². The predicted molar refractivity (Wildman–Crippen MR) is 89.2 cm³/mol. The molecule has 1 aromatic carbocycles. The Morgan fingerprint density at radius 2 is 1.92 bits per heavy atom. The summed E-state index contributed by atoms with van der Waals surface area (Å²) in [6.07, 6.45) is 5.18. The molecule has 3 heterocycles. The quantitative estimate of drug-likeness (QED) is 0.574. The molecule has 0 aliphatic carbocycles. The van der Waals surface area contributed by atoms with E-state index in [2.05, 4.69) is 10.1 Å². The van der Waals surface area contributed by atoms with Crippen LogP contribution in [-0.4, -0.2) is 28.8 Å². The lowest BCUT2D eigenvalue weighted by Crippen LogP contribution is -1.95. The fourth-order valence-corrected chi connectivity index (χ4v) is 2.71. The molecule has 0 saturated carbocycles. The summed E-state index contributed by atoms with van der Waals surface area (Å²) in [6, 6.07) is 11.4. The van der Waals surface area contributed by atoms with Crippen molar-refractivity contribution in [3.63, 3.8) is 0 Å². The van der Waals surface area contributed by atoms with Gasteiger partial charge < -0.3 is 13.9 Å². The lowest BCUT2D eigenvalue weighted by molar-refractivity contribution is 0.355. The molecular formula is C18H15N3O3. The normalized spacial score (nSPS) is 10.9. The fraction of sp³-hybridized carbons (Fsp3) is 0.111. The van der Waals surface area contributed by atoms with Crippen LogP contribution >= 0.6 is 0 Å². The molecule has 0 aliphatic rings. The molecule has 4 rings (SSSR count). The van der Waals surface area contributed by atoms with Crippen molar-refractivity contribution in [1.29, 1.82) is 0 Å². The zero-order valence-electron chi connectivity index (χ0n) is 13.3. The fourth-order valence-electron chi connectivity index (χ4n) is 2.71. The minimum atomic E-state index is 0.663. The van der Waals surface area contributed by atoms with Crippen LogP contribution in [0.4, 0.5) is 0 Å². The van der Waals surface area contributed by atoms with Crippen LogP contribution in [0.15, 0.2) is 59.5 Å². The Labute approximate surface area is 138 Å². The predicted octanol–water partition coefficient (Wildman–Crippen LogP) is 3.67. The number of fused-ring (bicyclic) bond motifs is 1. The van der Waals surface area contributed by atoms with Crippen molar-refractivity contribution in [2.75, 3.05) is 14.2 Å². The van der Waals surface area contributed by atoms with Crippen molar-refractivity contribution < 1.29 is 13.9 Å².